The smallest absolute Gasteiger partial charge is 0.223 e. The molecule has 0 amide bonds. The average molecular weight is 203 g/mol. The summed E-state index contributed by atoms with van der Waals surface area (Å²) < 4.78 is 4.98. The lowest BCUT2D eigenvalue weighted by Crippen LogP contribution is -2.28. The third kappa shape index (κ3) is 2.88. The van der Waals surface area contributed by atoms with Crippen molar-refractivity contribution >= 4 is 11.6 Å². The highest BCUT2D eigenvalue weighted by molar-refractivity contribution is 6.32. The van der Waals surface area contributed by atoms with Crippen LogP contribution in [0.4, 0.5) is 0 Å². The van der Waals surface area contributed by atoms with Crippen molar-refractivity contribution < 1.29 is 14.9 Å². The average Bonchev–Trinajstić information content (AvgIpc) is 2.08. The van der Waals surface area contributed by atoms with Gasteiger partial charge in [-0.05, 0) is 19.1 Å². The molecule has 0 saturated heterocycles. The lowest BCUT2D eigenvalue weighted by molar-refractivity contribution is -0.0958. The van der Waals surface area contributed by atoms with Crippen LogP contribution in [0.2, 0.25) is 5.02 Å². The second kappa shape index (κ2) is 4.46. The Bertz CT molecular complexity index is 275. The maximum absolute atomic E-state index is 9.17. The van der Waals surface area contributed by atoms with Crippen molar-refractivity contribution in [1.82, 2.24) is 0 Å². The molecule has 1 aromatic rings. The van der Waals surface area contributed by atoms with Crippen molar-refractivity contribution in [2.45, 2.75) is 19.3 Å². The van der Waals surface area contributed by atoms with E-state index >= 15 is 0 Å². The van der Waals surface area contributed by atoms with Crippen LogP contribution in [-0.4, -0.2) is 22.6 Å². The molecule has 2 N–H and O–H groups in total. The molecule has 1 rings (SSSR count). The molecule has 0 fully saturated rings. The quantitative estimate of drug-likeness (QED) is 0.729. The SMILES string of the molecule is CC(O)C(O)Oc1ccccc1Cl. The maximum Gasteiger partial charge on any atom is 0.223 e. The summed E-state index contributed by atoms with van der Waals surface area (Å²) in [6.07, 6.45) is -2.20. The first-order chi connectivity index (χ1) is 6.11. The van der Waals surface area contributed by atoms with E-state index in [-0.39, 0.29) is 0 Å². The molecule has 0 heterocycles. The van der Waals surface area contributed by atoms with Crippen LogP contribution in [-0.2, 0) is 0 Å². The Kier molecular flexibility index (Phi) is 3.54. The number of hydrogen-bond acceptors (Lipinski definition) is 3. The minimum absolute atomic E-state index is 0.359. The van der Waals surface area contributed by atoms with Crippen molar-refractivity contribution in [3.8, 4) is 5.75 Å². The van der Waals surface area contributed by atoms with E-state index in [4.69, 9.17) is 21.4 Å². The molecule has 0 radical (unpaired) electrons. The minimum atomic E-state index is -1.25. The van der Waals surface area contributed by atoms with Crippen molar-refractivity contribution in [2.75, 3.05) is 0 Å². The Morgan fingerprint density at radius 3 is 2.46 bits per heavy atom. The van der Waals surface area contributed by atoms with Gasteiger partial charge in [-0.15, -0.1) is 0 Å². The van der Waals surface area contributed by atoms with Crippen molar-refractivity contribution in [3.05, 3.63) is 29.3 Å². The zero-order valence-electron chi connectivity index (χ0n) is 7.14. The van der Waals surface area contributed by atoms with Gasteiger partial charge in [0.15, 0.2) is 0 Å². The zero-order chi connectivity index (χ0) is 9.84. The summed E-state index contributed by atoms with van der Waals surface area (Å²) in [6, 6.07) is 6.75. The number of ether oxygens (including phenoxy) is 1. The van der Waals surface area contributed by atoms with Gasteiger partial charge in [-0.25, -0.2) is 0 Å². The van der Waals surface area contributed by atoms with Gasteiger partial charge in [-0.1, -0.05) is 23.7 Å². The van der Waals surface area contributed by atoms with E-state index in [1.54, 1.807) is 24.3 Å². The van der Waals surface area contributed by atoms with Crippen LogP contribution in [0.1, 0.15) is 6.92 Å². The van der Waals surface area contributed by atoms with Gasteiger partial charge in [0.2, 0.25) is 6.29 Å². The first-order valence-corrected chi connectivity index (χ1v) is 4.26. The number of halogens is 1. The molecule has 0 aliphatic carbocycles. The number of benzene rings is 1. The molecule has 0 bridgehead atoms. The Morgan fingerprint density at radius 1 is 1.31 bits per heavy atom. The van der Waals surface area contributed by atoms with Gasteiger partial charge in [-0.2, -0.15) is 0 Å². The molecule has 1 aromatic carbocycles. The highest BCUT2D eigenvalue weighted by Gasteiger charge is 2.13. The third-order valence-electron chi connectivity index (χ3n) is 1.50. The summed E-state index contributed by atoms with van der Waals surface area (Å²) >= 11 is 5.76. The van der Waals surface area contributed by atoms with Crippen molar-refractivity contribution in [2.24, 2.45) is 0 Å². The van der Waals surface area contributed by atoms with Gasteiger partial charge in [0.25, 0.3) is 0 Å². The van der Waals surface area contributed by atoms with Gasteiger partial charge in [0.1, 0.15) is 11.9 Å². The van der Waals surface area contributed by atoms with Gasteiger partial charge in [0.05, 0.1) is 5.02 Å². The molecule has 4 heteroatoms. The predicted molar refractivity (Wildman–Crippen MR) is 49.8 cm³/mol. The maximum atomic E-state index is 9.17. The molecule has 13 heavy (non-hydrogen) atoms. The minimum Gasteiger partial charge on any atom is -0.461 e. The molecule has 2 atom stereocenters. The van der Waals surface area contributed by atoms with E-state index in [0.29, 0.717) is 10.8 Å². The first kappa shape index (κ1) is 10.3. The summed E-state index contributed by atoms with van der Waals surface area (Å²) in [5.74, 6) is 0.359. The monoisotopic (exact) mass is 202 g/mol. The highest BCUT2D eigenvalue weighted by Crippen LogP contribution is 2.24. The zero-order valence-corrected chi connectivity index (χ0v) is 7.90. The number of para-hydroxylation sites is 1. The van der Waals surface area contributed by atoms with Crippen LogP contribution < -0.4 is 4.74 Å². The van der Waals surface area contributed by atoms with Gasteiger partial charge in [-0.3, -0.25) is 0 Å². The second-order valence-corrected chi connectivity index (χ2v) is 3.09. The fraction of sp³-hybridized carbons (Fsp3) is 0.333. The molecule has 2 unspecified atom stereocenters. The fourth-order valence-electron chi connectivity index (χ4n) is 0.769. The largest absolute Gasteiger partial charge is 0.461 e. The Balaban J connectivity index is 2.69. The van der Waals surface area contributed by atoms with Crippen LogP contribution in [0, 0.1) is 0 Å². The normalized spacial score (nSPS) is 15.1. The van der Waals surface area contributed by atoms with E-state index in [2.05, 4.69) is 0 Å². The van der Waals surface area contributed by atoms with Crippen LogP contribution >= 0.6 is 11.6 Å². The Hall–Kier alpha value is -0.770. The summed E-state index contributed by atoms with van der Waals surface area (Å²) in [5.41, 5.74) is 0. The molecule has 72 valence electrons. The van der Waals surface area contributed by atoms with E-state index in [0.717, 1.165) is 0 Å². The molecule has 0 saturated carbocycles. The molecule has 0 spiro atoms. The van der Waals surface area contributed by atoms with Crippen LogP contribution in [0.15, 0.2) is 24.3 Å². The first-order valence-electron chi connectivity index (χ1n) is 3.88. The molecule has 0 aliphatic heterocycles. The molecule has 3 nitrogen and oxygen atoms in total. The molecule has 0 aliphatic rings. The van der Waals surface area contributed by atoms with E-state index in [9.17, 15) is 5.11 Å². The van der Waals surface area contributed by atoms with Crippen LogP contribution in [0.5, 0.6) is 5.75 Å². The Morgan fingerprint density at radius 2 is 1.92 bits per heavy atom. The topological polar surface area (TPSA) is 49.7 Å². The predicted octanol–water partition coefficient (Wildman–Crippen LogP) is 1.42. The molecular formula is C9H11ClO3. The van der Waals surface area contributed by atoms with Gasteiger partial charge in [0, 0.05) is 0 Å². The Labute approximate surface area is 81.5 Å². The number of aliphatic hydroxyl groups is 2. The number of aliphatic hydroxyl groups excluding tert-OH is 2. The van der Waals surface area contributed by atoms with Gasteiger partial charge < -0.3 is 14.9 Å². The number of hydrogen-bond donors (Lipinski definition) is 2. The molecular weight excluding hydrogens is 192 g/mol. The molecule has 0 aromatic heterocycles. The van der Waals surface area contributed by atoms with E-state index in [1.165, 1.54) is 6.92 Å². The van der Waals surface area contributed by atoms with Crippen LogP contribution in [0.25, 0.3) is 0 Å². The van der Waals surface area contributed by atoms with Crippen molar-refractivity contribution in [3.63, 3.8) is 0 Å². The highest BCUT2D eigenvalue weighted by atomic mass is 35.5. The van der Waals surface area contributed by atoms with Crippen LogP contribution in [0.3, 0.4) is 0 Å². The standard InChI is InChI=1S/C9H11ClO3/c1-6(11)9(12)13-8-5-3-2-4-7(8)10/h2-6,9,11-12H,1H3. The summed E-state index contributed by atoms with van der Waals surface area (Å²) in [6.45, 7) is 1.43. The lowest BCUT2D eigenvalue weighted by atomic mass is 10.3. The van der Waals surface area contributed by atoms with Crippen molar-refractivity contribution in [1.29, 1.82) is 0 Å². The van der Waals surface area contributed by atoms with Gasteiger partial charge >= 0.3 is 0 Å². The fourth-order valence-corrected chi connectivity index (χ4v) is 0.949. The summed E-state index contributed by atoms with van der Waals surface area (Å²) in [5, 5.41) is 18.5. The third-order valence-corrected chi connectivity index (χ3v) is 1.81. The number of rotatable bonds is 3. The summed E-state index contributed by atoms with van der Waals surface area (Å²) in [7, 11) is 0. The van der Waals surface area contributed by atoms with E-state index < -0.39 is 12.4 Å². The van der Waals surface area contributed by atoms with E-state index in [1.807, 2.05) is 0 Å². The summed E-state index contributed by atoms with van der Waals surface area (Å²) in [4.78, 5) is 0. The second-order valence-electron chi connectivity index (χ2n) is 2.68. The lowest BCUT2D eigenvalue weighted by Gasteiger charge is -2.16.